The average Bonchev–Trinajstić information content (AvgIpc) is 3.04. The van der Waals surface area contributed by atoms with E-state index in [4.69, 9.17) is 4.74 Å². The Bertz CT molecular complexity index is 645. The number of rotatable bonds is 7. The van der Waals surface area contributed by atoms with Crippen LogP contribution in [0.4, 0.5) is 0 Å². The molecule has 0 radical (unpaired) electrons. The first-order chi connectivity index (χ1) is 11.8. The monoisotopic (exact) mass is 328 g/mol. The minimum Gasteiger partial charge on any atom is -0.497 e. The molecule has 0 aliphatic carbocycles. The largest absolute Gasteiger partial charge is 0.497 e. The van der Waals surface area contributed by atoms with E-state index >= 15 is 0 Å². The number of hydrogen-bond acceptors (Lipinski definition) is 6. The smallest absolute Gasteiger partial charge is 0.165 e. The van der Waals surface area contributed by atoms with Crippen molar-refractivity contribution < 1.29 is 4.74 Å². The summed E-state index contributed by atoms with van der Waals surface area (Å²) in [5.74, 6) is 1.76. The zero-order valence-corrected chi connectivity index (χ0v) is 14.1. The standard InChI is InChI=1S/C17H24N6O/c1-3-8-21-9-11-22(12-10-21)14-17-18-19-20-23(17)13-15-4-6-16(24-2)7-5-15/h3-7H,1,8-14H2,2H3. The third kappa shape index (κ3) is 4.18. The molecule has 1 aromatic carbocycles. The molecule has 1 aromatic heterocycles. The summed E-state index contributed by atoms with van der Waals surface area (Å²) < 4.78 is 7.06. The van der Waals surface area contributed by atoms with Crippen molar-refractivity contribution >= 4 is 0 Å². The molecule has 7 heteroatoms. The second kappa shape index (κ2) is 8.03. The summed E-state index contributed by atoms with van der Waals surface area (Å²) >= 11 is 0. The van der Waals surface area contributed by atoms with E-state index in [1.165, 1.54) is 0 Å². The van der Waals surface area contributed by atoms with Gasteiger partial charge in [0.2, 0.25) is 0 Å². The van der Waals surface area contributed by atoms with Crippen LogP contribution in [0.25, 0.3) is 0 Å². The predicted octanol–water partition coefficient (Wildman–Crippen LogP) is 1.03. The van der Waals surface area contributed by atoms with E-state index in [-0.39, 0.29) is 0 Å². The topological polar surface area (TPSA) is 59.3 Å². The number of hydrogen-bond donors (Lipinski definition) is 0. The quantitative estimate of drug-likeness (QED) is 0.708. The Morgan fingerprint density at radius 2 is 1.79 bits per heavy atom. The third-order valence-corrected chi connectivity index (χ3v) is 4.31. The van der Waals surface area contributed by atoms with Gasteiger partial charge in [0, 0.05) is 32.7 Å². The van der Waals surface area contributed by atoms with Crippen molar-refractivity contribution in [2.75, 3.05) is 39.8 Å². The van der Waals surface area contributed by atoms with E-state index in [9.17, 15) is 0 Å². The third-order valence-electron chi connectivity index (χ3n) is 4.31. The lowest BCUT2D eigenvalue weighted by molar-refractivity contribution is 0.133. The Kier molecular flexibility index (Phi) is 5.55. The fourth-order valence-electron chi connectivity index (χ4n) is 2.88. The van der Waals surface area contributed by atoms with Crippen LogP contribution >= 0.6 is 0 Å². The number of tetrazole rings is 1. The van der Waals surface area contributed by atoms with E-state index in [0.717, 1.165) is 56.4 Å². The summed E-state index contributed by atoms with van der Waals surface area (Å²) in [6.07, 6.45) is 1.96. The van der Waals surface area contributed by atoms with E-state index < -0.39 is 0 Å². The zero-order valence-electron chi connectivity index (χ0n) is 14.1. The van der Waals surface area contributed by atoms with Crippen LogP contribution in [0.15, 0.2) is 36.9 Å². The number of nitrogens with zero attached hydrogens (tertiary/aromatic N) is 6. The maximum absolute atomic E-state index is 5.19. The lowest BCUT2D eigenvalue weighted by Crippen LogP contribution is -2.46. The minimum atomic E-state index is 0.669. The van der Waals surface area contributed by atoms with Crippen LogP contribution in [0.1, 0.15) is 11.4 Å². The van der Waals surface area contributed by atoms with Crippen molar-refractivity contribution in [3.63, 3.8) is 0 Å². The van der Waals surface area contributed by atoms with E-state index in [0.29, 0.717) is 6.54 Å². The first kappa shape index (κ1) is 16.6. The Balaban J connectivity index is 1.58. The van der Waals surface area contributed by atoms with Crippen LogP contribution in [0.3, 0.4) is 0 Å². The van der Waals surface area contributed by atoms with Crippen molar-refractivity contribution in [1.29, 1.82) is 0 Å². The van der Waals surface area contributed by atoms with E-state index in [1.54, 1.807) is 7.11 Å². The van der Waals surface area contributed by atoms with Crippen molar-refractivity contribution in [3.8, 4) is 5.75 Å². The van der Waals surface area contributed by atoms with Gasteiger partial charge in [0.1, 0.15) is 5.75 Å². The molecule has 0 amide bonds. The molecule has 2 heterocycles. The lowest BCUT2D eigenvalue weighted by Gasteiger charge is -2.33. The SMILES string of the molecule is C=CCN1CCN(Cc2nnnn2Cc2ccc(OC)cc2)CC1. The second-order valence-corrected chi connectivity index (χ2v) is 5.97. The van der Waals surface area contributed by atoms with Crippen molar-refractivity contribution in [1.82, 2.24) is 30.0 Å². The van der Waals surface area contributed by atoms with E-state index in [1.807, 2.05) is 35.0 Å². The highest BCUT2D eigenvalue weighted by Gasteiger charge is 2.18. The van der Waals surface area contributed by atoms with Gasteiger partial charge >= 0.3 is 0 Å². The molecule has 2 aromatic rings. The summed E-state index contributed by atoms with van der Waals surface area (Å²) in [5, 5.41) is 12.2. The summed E-state index contributed by atoms with van der Waals surface area (Å²) in [7, 11) is 1.67. The number of piperazine rings is 1. The van der Waals surface area contributed by atoms with E-state index in [2.05, 4.69) is 31.9 Å². The van der Waals surface area contributed by atoms with Crippen LogP contribution in [0.5, 0.6) is 5.75 Å². The first-order valence-electron chi connectivity index (χ1n) is 8.22. The van der Waals surface area contributed by atoms with Gasteiger partial charge in [0.25, 0.3) is 0 Å². The molecular weight excluding hydrogens is 304 g/mol. The highest BCUT2D eigenvalue weighted by atomic mass is 16.5. The zero-order chi connectivity index (χ0) is 16.8. The lowest BCUT2D eigenvalue weighted by atomic mass is 10.2. The van der Waals surface area contributed by atoms with Crippen molar-refractivity contribution in [3.05, 3.63) is 48.3 Å². The fraction of sp³-hybridized carbons (Fsp3) is 0.471. The minimum absolute atomic E-state index is 0.669. The van der Waals surface area contributed by atoms with Crippen LogP contribution in [-0.2, 0) is 13.1 Å². The summed E-state index contributed by atoms with van der Waals surface area (Å²) in [5.41, 5.74) is 1.15. The molecule has 0 atom stereocenters. The molecule has 0 N–H and O–H groups in total. The summed E-state index contributed by atoms with van der Waals surface area (Å²) in [6.45, 7) is 10.4. The van der Waals surface area contributed by atoms with Gasteiger partial charge in [0.05, 0.1) is 20.2 Å². The average molecular weight is 328 g/mol. The van der Waals surface area contributed by atoms with Crippen LogP contribution < -0.4 is 4.74 Å². The molecule has 1 fully saturated rings. The normalized spacial score (nSPS) is 16.2. The highest BCUT2D eigenvalue weighted by molar-refractivity contribution is 5.27. The van der Waals surface area contributed by atoms with Gasteiger partial charge in [-0.2, -0.15) is 0 Å². The number of benzene rings is 1. The van der Waals surface area contributed by atoms with Gasteiger partial charge in [-0.3, -0.25) is 9.80 Å². The Morgan fingerprint density at radius 1 is 1.08 bits per heavy atom. The Morgan fingerprint density at radius 3 is 2.46 bits per heavy atom. The number of aromatic nitrogens is 4. The molecule has 0 unspecified atom stereocenters. The Labute approximate surface area is 142 Å². The highest BCUT2D eigenvalue weighted by Crippen LogP contribution is 2.13. The van der Waals surface area contributed by atoms with Gasteiger partial charge in [-0.05, 0) is 28.1 Å². The summed E-state index contributed by atoms with van der Waals surface area (Å²) in [4.78, 5) is 4.81. The molecule has 0 bridgehead atoms. The van der Waals surface area contributed by atoms with Gasteiger partial charge in [-0.15, -0.1) is 11.7 Å². The van der Waals surface area contributed by atoms with Crippen LogP contribution in [-0.4, -0.2) is 69.8 Å². The van der Waals surface area contributed by atoms with Gasteiger partial charge in [-0.25, -0.2) is 4.68 Å². The Hall–Kier alpha value is -2.25. The molecule has 7 nitrogen and oxygen atoms in total. The van der Waals surface area contributed by atoms with Gasteiger partial charge in [0.15, 0.2) is 5.82 Å². The molecule has 0 saturated carbocycles. The van der Waals surface area contributed by atoms with Gasteiger partial charge < -0.3 is 4.74 Å². The maximum Gasteiger partial charge on any atom is 0.165 e. The van der Waals surface area contributed by atoms with Crippen LogP contribution in [0.2, 0.25) is 0 Å². The molecular formula is C17H24N6O. The molecule has 24 heavy (non-hydrogen) atoms. The first-order valence-corrected chi connectivity index (χ1v) is 8.22. The van der Waals surface area contributed by atoms with Gasteiger partial charge in [-0.1, -0.05) is 18.2 Å². The number of methoxy groups -OCH3 is 1. The predicted molar refractivity (Wildman–Crippen MR) is 91.8 cm³/mol. The number of ether oxygens (including phenoxy) is 1. The fourth-order valence-corrected chi connectivity index (χ4v) is 2.88. The second-order valence-electron chi connectivity index (χ2n) is 5.97. The summed E-state index contributed by atoms with van der Waals surface area (Å²) in [6, 6.07) is 7.99. The maximum atomic E-state index is 5.19. The molecule has 1 aliphatic rings. The van der Waals surface area contributed by atoms with Crippen LogP contribution in [0, 0.1) is 0 Å². The molecule has 1 saturated heterocycles. The molecule has 1 aliphatic heterocycles. The van der Waals surface area contributed by atoms with Crippen molar-refractivity contribution in [2.45, 2.75) is 13.1 Å². The molecule has 3 rings (SSSR count). The van der Waals surface area contributed by atoms with Crippen molar-refractivity contribution in [2.24, 2.45) is 0 Å². The molecule has 128 valence electrons. The molecule has 0 spiro atoms.